The van der Waals surface area contributed by atoms with Gasteiger partial charge in [0.15, 0.2) is 0 Å². The number of benzene rings is 2. The molecule has 7 heteroatoms. The third kappa shape index (κ3) is 5.58. The molecule has 1 fully saturated rings. The number of halogens is 3. The van der Waals surface area contributed by atoms with E-state index in [9.17, 15) is 9.18 Å². The van der Waals surface area contributed by atoms with Crippen LogP contribution in [-0.4, -0.2) is 37.5 Å². The van der Waals surface area contributed by atoms with Crippen LogP contribution >= 0.6 is 24.0 Å². The second kappa shape index (κ2) is 9.93. The van der Waals surface area contributed by atoms with E-state index in [1.54, 1.807) is 18.2 Å². The van der Waals surface area contributed by atoms with Crippen molar-refractivity contribution < 1.29 is 13.9 Å². The van der Waals surface area contributed by atoms with Crippen LogP contribution in [0.2, 0.25) is 5.02 Å². The van der Waals surface area contributed by atoms with E-state index in [-0.39, 0.29) is 24.1 Å². The van der Waals surface area contributed by atoms with Gasteiger partial charge in [-0.1, -0.05) is 11.6 Å². The first-order valence-corrected chi connectivity index (χ1v) is 9.11. The van der Waals surface area contributed by atoms with Crippen LogP contribution in [0.5, 0.6) is 11.5 Å². The smallest absolute Gasteiger partial charge is 0.257 e. The number of amides is 1. The van der Waals surface area contributed by atoms with Crippen molar-refractivity contribution in [1.29, 1.82) is 0 Å². The second-order valence-corrected chi connectivity index (χ2v) is 6.95. The molecule has 0 aromatic heterocycles. The summed E-state index contributed by atoms with van der Waals surface area (Å²) in [5.74, 6) is 0.897. The largest absolute Gasteiger partial charge is 0.457 e. The highest BCUT2D eigenvalue weighted by atomic mass is 35.5. The summed E-state index contributed by atoms with van der Waals surface area (Å²) in [4.78, 5) is 14.9. The van der Waals surface area contributed by atoms with Crippen molar-refractivity contribution in [3.63, 3.8) is 0 Å². The number of carbonyl (C=O) groups is 1. The van der Waals surface area contributed by atoms with E-state index in [0.29, 0.717) is 34.5 Å². The third-order valence-electron chi connectivity index (χ3n) is 4.51. The van der Waals surface area contributed by atoms with E-state index in [4.69, 9.17) is 16.3 Å². The molecule has 2 aromatic carbocycles. The number of likely N-dealkylation sites (tertiary alicyclic amines) is 1. The lowest BCUT2D eigenvalue weighted by molar-refractivity contribution is 0.0671. The Labute approximate surface area is 170 Å². The van der Waals surface area contributed by atoms with Crippen LogP contribution in [0.25, 0.3) is 0 Å². The lowest BCUT2D eigenvalue weighted by atomic mass is 9.97. The predicted octanol–water partition coefficient (Wildman–Crippen LogP) is 4.76. The molecule has 1 aliphatic rings. The molecule has 4 nitrogen and oxygen atoms in total. The van der Waals surface area contributed by atoms with Crippen LogP contribution in [-0.2, 0) is 0 Å². The lowest BCUT2D eigenvalue weighted by Gasteiger charge is -2.33. The Bertz CT molecular complexity index is 769. The average Bonchev–Trinajstić information content (AvgIpc) is 2.65. The van der Waals surface area contributed by atoms with Crippen LogP contribution in [0.4, 0.5) is 4.39 Å². The number of ether oxygens (including phenoxy) is 1. The summed E-state index contributed by atoms with van der Waals surface area (Å²) < 4.78 is 18.9. The zero-order valence-electron chi connectivity index (χ0n) is 15.1. The highest BCUT2D eigenvalue weighted by molar-refractivity contribution is 6.31. The van der Waals surface area contributed by atoms with E-state index in [2.05, 4.69) is 5.32 Å². The standard InChI is InChI=1S/C20H22ClFN2O2.ClH/c1-23-12-14-3-2-10-24(13-14)20(25)18-11-15(21)4-9-19(18)26-17-7-5-16(22)6-8-17;/h4-9,11,14,23H,2-3,10,12-13H2,1H3;1H. The van der Waals surface area contributed by atoms with E-state index >= 15 is 0 Å². The minimum Gasteiger partial charge on any atom is -0.457 e. The zero-order chi connectivity index (χ0) is 18.5. The highest BCUT2D eigenvalue weighted by Crippen LogP contribution is 2.30. The van der Waals surface area contributed by atoms with E-state index in [1.165, 1.54) is 24.3 Å². The monoisotopic (exact) mass is 412 g/mol. The number of hydrogen-bond donors (Lipinski definition) is 1. The van der Waals surface area contributed by atoms with Crippen molar-refractivity contribution in [1.82, 2.24) is 10.2 Å². The van der Waals surface area contributed by atoms with Crippen LogP contribution in [0.1, 0.15) is 23.2 Å². The third-order valence-corrected chi connectivity index (χ3v) is 4.75. The van der Waals surface area contributed by atoms with Crippen molar-refractivity contribution in [2.75, 3.05) is 26.7 Å². The molecule has 27 heavy (non-hydrogen) atoms. The summed E-state index contributed by atoms with van der Waals surface area (Å²) in [6.07, 6.45) is 2.09. The number of nitrogens with zero attached hydrogens (tertiary/aromatic N) is 1. The molecular weight excluding hydrogens is 390 g/mol. The predicted molar refractivity (Wildman–Crippen MR) is 108 cm³/mol. The summed E-state index contributed by atoms with van der Waals surface area (Å²) in [6.45, 7) is 2.32. The van der Waals surface area contributed by atoms with Crippen molar-refractivity contribution >= 4 is 29.9 Å². The van der Waals surface area contributed by atoms with Gasteiger partial charge in [-0.25, -0.2) is 4.39 Å². The Morgan fingerprint density at radius 3 is 2.74 bits per heavy atom. The van der Waals surface area contributed by atoms with E-state index < -0.39 is 0 Å². The molecule has 2 aromatic rings. The fourth-order valence-corrected chi connectivity index (χ4v) is 3.44. The molecule has 1 amide bonds. The van der Waals surface area contributed by atoms with Gasteiger partial charge in [-0.3, -0.25) is 4.79 Å². The summed E-state index contributed by atoms with van der Waals surface area (Å²) in [5.41, 5.74) is 0.423. The normalized spacial score (nSPS) is 16.6. The number of carbonyl (C=O) groups excluding carboxylic acids is 1. The van der Waals surface area contributed by atoms with Gasteiger partial charge in [0.25, 0.3) is 5.91 Å². The SMILES string of the molecule is CNCC1CCCN(C(=O)c2cc(Cl)ccc2Oc2ccc(F)cc2)C1.Cl. The maximum atomic E-state index is 13.1. The highest BCUT2D eigenvalue weighted by Gasteiger charge is 2.26. The molecule has 1 saturated heterocycles. The lowest BCUT2D eigenvalue weighted by Crippen LogP contribution is -2.42. The first kappa shape index (κ1) is 21.5. The molecular formula is C20H23Cl2FN2O2. The number of rotatable bonds is 5. The summed E-state index contributed by atoms with van der Waals surface area (Å²) >= 11 is 6.12. The molecule has 1 aliphatic heterocycles. The van der Waals surface area contributed by atoms with Gasteiger partial charge < -0.3 is 15.0 Å². The van der Waals surface area contributed by atoms with Gasteiger partial charge in [0.2, 0.25) is 0 Å². The minimum atomic E-state index is -0.339. The second-order valence-electron chi connectivity index (χ2n) is 6.51. The quantitative estimate of drug-likeness (QED) is 0.768. The molecule has 0 radical (unpaired) electrons. The molecule has 0 saturated carbocycles. The molecule has 0 bridgehead atoms. The molecule has 0 aliphatic carbocycles. The fourth-order valence-electron chi connectivity index (χ4n) is 3.26. The Morgan fingerprint density at radius 2 is 2.04 bits per heavy atom. The van der Waals surface area contributed by atoms with Crippen LogP contribution in [0.15, 0.2) is 42.5 Å². The fraction of sp³-hybridized carbons (Fsp3) is 0.350. The van der Waals surface area contributed by atoms with Crippen molar-refractivity contribution in [2.24, 2.45) is 5.92 Å². The van der Waals surface area contributed by atoms with Gasteiger partial charge in [-0.05, 0) is 74.8 Å². The Kier molecular flexibility index (Phi) is 7.90. The molecule has 1 unspecified atom stereocenters. The van der Waals surface area contributed by atoms with Crippen LogP contribution < -0.4 is 10.1 Å². The summed E-state index contributed by atoms with van der Waals surface area (Å²) in [5, 5.41) is 3.66. The van der Waals surface area contributed by atoms with Gasteiger partial charge in [-0.2, -0.15) is 0 Å². The average molecular weight is 413 g/mol. The van der Waals surface area contributed by atoms with Crippen LogP contribution in [0.3, 0.4) is 0 Å². The summed E-state index contributed by atoms with van der Waals surface area (Å²) in [7, 11) is 1.92. The molecule has 0 spiro atoms. The number of piperidine rings is 1. The Morgan fingerprint density at radius 1 is 1.30 bits per heavy atom. The minimum absolute atomic E-state index is 0. The maximum absolute atomic E-state index is 13.1. The Hall–Kier alpha value is -1.82. The molecule has 146 valence electrons. The first-order chi connectivity index (χ1) is 12.6. The van der Waals surface area contributed by atoms with Gasteiger partial charge >= 0.3 is 0 Å². The zero-order valence-corrected chi connectivity index (χ0v) is 16.7. The van der Waals surface area contributed by atoms with Crippen LogP contribution in [0, 0.1) is 11.7 Å². The van der Waals surface area contributed by atoms with Gasteiger partial charge in [0.05, 0.1) is 5.56 Å². The van der Waals surface area contributed by atoms with Gasteiger partial charge in [-0.15, -0.1) is 12.4 Å². The van der Waals surface area contributed by atoms with E-state index in [0.717, 1.165) is 25.9 Å². The van der Waals surface area contributed by atoms with Gasteiger partial charge in [0.1, 0.15) is 17.3 Å². The topological polar surface area (TPSA) is 41.6 Å². The first-order valence-electron chi connectivity index (χ1n) is 8.73. The molecule has 1 atom stereocenters. The number of hydrogen-bond acceptors (Lipinski definition) is 3. The van der Waals surface area contributed by atoms with E-state index in [1.807, 2.05) is 11.9 Å². The summed E-state index contributed by atoms with van der Waals surface area (Å²) in [6, 6.07) is 10.7. The van der Waals surface area contributed by atoms with Crippen molar-refractivity contribution in [3.8, 4) is 11.5 Å². The Balaban J connectivity index is 0.00000261. The molecule has 3 rings (SSSR count). The molecule has 1 N–H and O–H groups in total. The van der Waals surface area contributed by atoms with Crippen molar-refractivity contribution in [3.05, 3.63) is 58.9 Å². The van der Waals surface area contributed by atoms with Gasteiger partial charge in [0, 0.05) is 18.1 Å². The maximum Gasteiger partial charge on any atom is 0.257 e. The molecule has 1 heterocycles. The van der Waals surface area contributed by atoms with Crippen molar-refractivity contribution in [2.45, 2.75) is 12.8 Å². The number of nitrogens with one attached hydrogen (secondary N) is 1.